The number of hydrogen-bond donors (Lipinski definition) is 0. The summed E-state index contributed by atoms with van der Waals surface area (Å²) in [5, 5.41) is 0. The number of hydrogen-bond acceptors (Lipinski definition) is 1. The van der Waals surface area contributed by atoms with Crippen LogP contribution in [-0.2, 0) is 0 Å². The average molecular weight is 329 g/mol. The molecule has 0 amide bonds. The maximum absolute atomic E-state index is 2.63. The van der Waals surface area contributed by atoms with Gasteiger partial charge in [0.15, 0.2) is 0 Å². The molecule has 0 aliphatic carbocycles. The van der Waals surface area contributed by atoms with E-state index in [2.05, 4.69) is 32.6 Å². The average Bonchev–Trinajstić information content (AvgIpc) is 2.28. The van der Waals surface area contributed by atoms with Crippen molar-refractivity contribution in [1.29, 1.82) is 0 Å². The van der Waals surface area contributed by atoms with Crippen LogP contribution in [-0.4, -0.2) is 46.0 Å². The second-order valence-electron chi connectivity index (χ2n) is 5.02. The van der Waals surface area contributed by atoms with E-state index in [1.807, 2.05) is 0 Å². The Hall–Kier alpha value is 0.830. The Morgan fingerprint density at radius 1 is 0.750 bits per heavy atom. The monoisotopic (exact) mass is 329 g/mol. The first kappa shape index (κ1) is 16.8. The topological polar surface area (TPSA) is 3.24 Å². The third-order valence-corrected chi connectivity index (χ3v) is 14.9. The van der Waals surface area contributed by atoms with Gasteiger partial charge >= 0.3 is 112 Å². The Bertz CT molecular complexity index is 133. The van der Waals surface area contributed by atoms with Crippen molar-refractivity contribution in [3.05, 3.63) is 0 Å². The molecule has 0 aliphatic rings. The van der Waals surface area contributed by atoms with Crippen LogP contribution < -0.4 is 0 Å². The fraction of sp³-hybridized carbons (Fsp3) is 1.00. The van der Waals surface area contributed by atoms with E-state index in [0.717, 1.165) is 0 Å². The zero-order valence-corrected chi connectivity index (χ0v) is 15.4. The van der Waals surface area contributed by atoms with Crippen molar-refractivity contribution < 1.29 is 0 Å². The molecule has 0 fully saturated rings. The van der Waals surface area contributed by atoms with Gasteiger partial charge in [-0.3, -0.25) is 0 Å². The van der Waals surface area contributed by atoms with Gasteiger partial charge in [-0.1, -0.05) is 0 Å². The molecule has 16 heavy (non-hydrogen) atoms. The van der Waals surface area contributed by atoms with E-state index in [0.29, 0.717) is 0 Å². The Morgan fingerprint density at radius 2 is 1.38 bits per heavy atom. The minimum absolute atomic E-state index is 1.04. The molecule has 0 heterocycles. The van der Waals surface area contributed by atoms with Gasteiger partial charge in [0.25, 0.3) is 0 Å². The fourth-order valence-electron chi connectivity index (χ4n) is 2.60. The molecular weight excluding hydrogens is 297 g/mol. The van der Waals surface area contributed by atoms with Gasteiger partial charge in [0.05, 0.1) is 0 Å². The van der Waals surface area contributed by atoms with E-state index < -0.39 is 21.4 Å². The van der Waals surface area contributed by atoms with Crippen LogP contribution in [0.25, 0.3) is 0 Å². The van der Waals surface area contributed by atoms with Gasteiger partial charge in [0.1, 0.15) is 0 Å². The summed E-state index contributed by atoms with van der Waals surface area (Å²) in [6.07, 6.45) is 5.71. The third-order valence-electron chi connectivity index (χ3n) is 3.47. The minimum atomic E-state index is -1.04. The Morgan fingerprint density at radius 3 is 1.81 bits per heavy atom. The van der Waals surface area contributed by atoms with Crippen LogP contribution in [0.5, 0.6) is 0 Å². The fourth-order valence-corrected chi connectivity index (χ4v) is 11.9. The van der Waals surface area contributed by atoms with Gasteiger partial charge in [-0.2, -0.15) is 0 Å². The quantitative estimate of drug-likeness (QED) is 0.542. The molecule has 0 aromatic carbocycles. The van der Waals surface area contributed by atoms with Crippen LogP contribution in [0.1, 0.15) is 53.4 Å². The van der Waals surface area contributed by atoms with Crippen molar-refractivity contribution in [2.24, 2.45) is 0 Å². The number of rotatable bonds is 11. The summed E-state index contributed by atoms with van der Waals surface area (Å²) in [5.74, 6) is 0. The van der Waals surface area contributed by atoms with Crippen LogP contribution in [0, 0.1) is 0 Å². The van der Waals surface area contributed by atoms with Crippen molar-refractivity contribution in [1.82, 2.24) is 4.90 Å². The first-order valence-corrected chi connectivity index (χ1v) is 14.5. The molecule has 0 unspecified atom stereocenters. The van der Waals surface area contributed by atoms with Crippen LogP contribution >= 0.6 is 0 Å². The predicted octanol–water partition coefficient (Wildman–Crippen LogP) is 4.42. The van der Waals surface area contributed by atoms with Crippen LogP contribution in [0.3, 0.4) is 0 Å². The summed E-state index contributed by atoms with van der Waals surface area (Å²) in [5.41, 5.74) is 0. The van der Waals surface area contributed by atoms with Crippen molar-refractivity contribution >= 4 is 21.4 Å². The Kier molecular flexibility index (Phi) is 12.9. The van der Waals surface area contributed by atoms with Gasteiger partial charge in [-0.25, -0.2) is 0 Å². The third kappa shape index (κ3) is 8.92. The molecule has 0 radical (unpaired) electrons. The summed E-state index contributed by atoms with van der Waals surface area (Å²) in [6, 6.07) is 0. The first-order valence-electron chi connectivity index (χ1n) is 7.50. The van der Waals surface area contributed by atoms with E-state index in [1.165, 1.54) is 45.3 Å². The van der Waals surface area contributed by atoms with Crippen LogP contribution in [0.4, 0.5) is 0 Å². The SMILES string of the molecule is CCCN(CC)CC[CH2][In]([CH2]CC)[CH2]CC. The summed E-state index contributed by atoms with van der Waals surface area (Å²) in [4.78, 5) is 2.63. The molecule has 2 heteroatoms. The molecule has 0 saturated heterocycles. The van der Waals surface area contributed by atoms with Gasteiger partial charge in [0, 0.05) is 0 Å². The van der Waals surface area contributed by atoms with Crippen molar-refractivity contribution in [2.75, 3.05) is 19.6 Å². The van der Waals surface area contributed by atoms with Gasteiger partial charge in [0.2, 0.25) is 0 Å². The number of nitrogens with zero attached hydrogens (tertiary/aromatic N) is 1. The second-order valence-corrected chi connectivity index (χ2v) is 14.9. The van der Waals surface area contributed by atoms with E-state index in [4.69, 9.17) is 0 Å². The van der Waals surface area contributed by atoms with Crippen LogP contribution in [0.15, 0.2) is 0 Å². The molecule has 0 spiro atoms. The summed E-state index contributed by atoms with van der Waals surface area (Å²) >= 11 is -1.04. The molecule has 0 rings (SSSR count). The summed E-state index contributed by atoms with van der Waals surface area (Å²) < 4.78 is 4.95. The van der Waals surface area contributed by atoms with Crippen molar-refractivity contribution in [3.63, 3.8) is 0 Å². The standard InChI is InChI=1S/C8H18N.2C3H7.In/c1-4-7-9(6-3)8-5-2;2*1-3-2;/h1,4-8H2,2-3H3;2*1,3H2,2H3;. The normalized spacial score (nSPS) is 11.1. The zero-order valence-electron chi connectivity index (χ0n) is 12.1. The summed E-state index contributed by atoms with van der Waals surface area (Å²) in [6.45, 7) is 13.2. The molecule has 96 valence electrons. The molecule has 0 bridgehead atoms. The van der Waals surface area contributed by atoms with Crippen molar-refractivity contribution in [2.45, 2.75) is 65.9 Å². The van der Waals surface area contributed by atoms with E-state index >= 15 is 0 Å². The van der Waals surface area contributed by atoms with Gasteiger partial charge in [-0.15, -0.1) is 0 Å². The maximum atomic E-state index is 2.63. The molecular formula is C14H32InN. The molecule has 1 nitrogen and oxygen atoms in total. The van der Waals surface area contributed by atoms with E-state index in [9.17, 15) is 0 Å². The molecule has 0 N–H and O–H groups in total. The zero-order chi connectivity index (χ0) is 12.2. The molecule has 0 aromatic heterocycles. The predicted molar refractivity (Wildman–Crippen MR) is 77.8 cm³/mol. The van der Waals surface area contributed by atoms with Crippen molar-refractivity contribution in [3.8, 4) is 0 Å². The summed E-state index contributed by atoms with van der Waals surface area (Å²) in [7, 11) is 0. The Balaban J connectivity index is 3.65. The van der Waals surface area contributed by atoms with Gasteiger partial charge < -0.3 is 0 Å². The molecule has 0 saturated carbocycles. The van der Waals surface area contributed by atoms with Gasteiger partial charge in [-0.05, 0) is 0 Å². The van der Waals surface area contributed by atoms with E-state index in [-0.39, 0.29) is 0 Å². The van der Waals surface area contributed by atoms with E-state index in [1.54, 1.807) is 12.5 Å². The first-order chi connectivity index (χ1) is 7.78. The Labute approximate surface area is 112 Å². The molecule has 0 aliphatic heterocycles. The molecule has 0 atom stereocenters. The molecule has 0 aromatic rings. The second kappa shape index (κ2) is 12.3. The van der Waals surface area contributed by atoms with Crippen LogP contribution in [0.2, 0.25) is 12.5 Å².